The van der Waals surface area contributed by atoms with Crippen LogP contribution >= 0.6 is 0 Å². The Morgan fingerprint density at radius 1 is 1.11 bits per heavy atom. The van der Waals surface area contributed by atoms with E-state index in [9.17, 15) is 32.3 Å². The number of carbonyl (C=O) groups excluding carboxylic acids is 1. The van der Waals surface area contributed by atoms with Crippen LogP contribution in [0.25, 0.3) is 1.43 Å². The van der Waals surface area contributed by atoms with Crippen molar-refractivity contribution in [3.05, 3.63) is 34.4 Å². The summed E-state index contributed by atoms with van der Waals surface area (Å²) in [6.45, 7) is 0. The Balaban J connectivity index is 0.000000763. The van der Waals surface area contributed by atoms with Crippen LogP contribution in [0.15, 0.2) is 0 Å². The number of hydrogen-bond donors (Lipinski definition) is 2. The first-order chi connectivity index (χ1) is 9.82. The summed E-state index contributed by atoms with van der Waals surface area (Å²) in [6, 6.07) is 0. The molecule has 0 heterocycles. The van der Waals surface area contributed by atoms with Crippen molar-refractivity contribution in [3.8, 4) is 0 Å². The van der Waals surface area contributed by atoms with E-state index in [1.54, 1.807) is 0 Å². The number of quaternary nitrogens is 1. The maximum absolute atomic E-state index is 13.0. The minimum absolute atomic E-state index is 0.500. The molecule has 0 aliphatic heterocycles. The van der Waals surface area contributed by atoms with Crippen molar-refractivity contribution in [3.63, 3.8) is 0 Å². The number of hydrogen-bond acceptors (Lipinski definition) is 4. The van der Waals surface area contributed by atoms with E-state index in [-0.39, 0.29) is 0 Å². The molecule has 1 aromatic carbocycles. The van der Waals surface area contributed by atoms with Gasteiger partial charge in [0.05, 0.1) is 25.6 Å². The predicted octanol–water partition coefficient (Wildman–Crippen LogP) is -0.886. The molecule has 0 saturated carbocycles. The summed E-state index contributed by atoms with van der Waals surface area (Å²) in [7, 11) is 2.92. The van der Waals surface area contributed by atoms with Gasteiger partial charge in [0.15, 0.2) is 23.3 Å². The van der Waals surface area contributed by atoms with Gasteiger partial charge < -0.3 is 20.3 Å². The van der Waals surface area contributed by atoms with Gasteiger partial charge >= 0.3 is 8.79 Å². The summed E-state index contributed by atoms with van der Waals surface area (Å²) in [6.07, 6.45) is 0. The Hall–Kier alpha value is -2.16. The number of nitrogens with two attached hydrogens (primary N) is 1. The van der Waals surface area contributed by atoms with E-state index in [1.165, 1.54) is 14.1 Å². The molecule has 0 aliphatic carbocycles. The number of carbonyl (C=O) groups is 2. The normalized spacial score (nSPS) is 12.4. The second-order valence-corrected chi connectivity index (χ2v) is 3.03. The molecule has 0 bridgehead atoms. The summed E-state index contributed by atoms with van der Waals surface area (Å²) in [5.41, 5.74) is -3.82. The molecule has 1 rings (SSSR count). The van der Waals surface area contributed by atoms with Crippen LogP contribution in [0.1, 0.15) is 20.7 Å². The number of benzene rings is 1. The van der Waals surface area contributed by atoms with E-state index < -0.39 is 51.6 Å². The molecule has 0 unspecified atom stereocenters. The van der Waals surface area contributed by atoms with E-state index in [0.29, 0.717) is 0 Å². The van der Waals surface area contributed by atoms with E-state index in [1.807, 2.05) is 0 Å². The fraction of sp³-hybridized carbons (Fsp3) is 0.200. The first-order valence-corrected chi connectivity index (χ1v) is 4.47. The molecule has 0 atom stereocenters. The highest BCUT2D eigenvalue weighted by Crippen LogP contribution is 2.23. The van der Waals surface area contributed by atoms with Crippen LogP contribution in [0.4, 0.5) is 17.6 Å². The minimum Gasteiger partial charge on any atom is -0.545 e. The van der Waals surface area contributed by atoms with Crippen molar-refractivity contribution in [2.75, 3.05) is 14.1 Å². The van der Waals surface area contributed by atoms with Crippen molar-refractivity contribution in [1.82, 2.24) is 0 Å². The molecule has 0 aromatic heterocycles. The third-order valence-electron chi connectivity index (χ3n) is 1.67. The summed E-state index contributed by atoms with van der Waals surface area (Å²) < 4.78 is 71.2. The van der Waals surface area contributed by atoms with Crippen molar-refractivity contribution < 1.29 is 45.5 Å². The fourth-order valence-corrected chi connectivity index (χ4v) is 0.990. The Morgan fingerprint density at radius 2 is 1.42 bits per heavy atom. The Bertz CT molecular complexity index is 572. The average Bonchev–Trinajstić information content (AvgIpc) is 2.34. The standard InChI is InChI=1S/C8H2F4O4.C2H7N/c9-3-1(7(13)14)4(10)6(12)2(5(3)11)8(15)16;1-3-2/h(H,13,14)(H,15,16);3H,1-2H3/i/hD3. The third kappa shape index (κ3) is 3.41. The second kappa shape index (κ2) is 6.69. The third-order valence-corrected chi connectivity index (χ3v) is 1.67. The van der Waals surface area contributed by atoms with Crippen molar-refractivity contribution in [1.29, 1.82) is 1.43 Å². The maximum Gasteiger partial charge on any atom is 0.345 e. The molecule has 0 radical (unpaired) electrons. The van der Waals surface area contributed by atoms with Gasteiger partial charge in [0.25, 0.3) is 1.43 Å². The van der Waals surface area contributed by atoms with Crippen LogP contribution in [-0.4, -0.2) is 31.1 Å². The van der Waals surface area contributed by atoms with Gasteiger partial charge in [0.2, 0.25) is 0 Å². The van der Waals surface area contributed by atoms with Gasteiger partial charge in [-0.15, -0.1) is 0 Å². The summed E-state index contributed by atoms with van der Waals surface area (Å²) in [4.78, 5) is 20.9. The van der Waals surface area contributed by atoms with Gasteiger partial charge in [-0.3, -0.25) is 0 Å². The van der Waals surface area contributed by atoms with Crippen LogP contribution in [-0.2, 0) is 0 Å². The zero-order valence-corrected chi connectivity index (χ0v) is 9.59. The van der Waals surface area contributed by atoms with Crippen LogP contribution < -0.4 is 10.4 Å². The lowest BCUT2D eigenvalue weighted by molar-refractivity contribution is -0.597. The lowest BCUT2D eigenvalue weighted by Crippen LogP contribution is -2.74. The first-order valence-electron chi connectivity index (χ1n) is 5.77. The quantitative estimate of drug-likeness (QED) is 0.545. The zero-order chi connectivity index (χ0) is 17.8. The average molecular weight is 286 g/mol. The molecule has 1 aromatic rings. The van der Waals surface area contributed by atoms with E-state index in [2.05, 4.69) is 5.11 Å². The number of carboxylic acids is 2. The van der Waals surface area contributed by atoms with Crippen molar-refractivity contribution in [2.45, 2.75) is 0 Å². The highest BCUT2D eigenvalue weighted by molar-refractivity contribution is 5.92. The topological polar surface area (TPSA) is 94.0 Å². The molecule has 0 fully saturated rings. The zero-order valence-electron chi connectivity index (χ0n) is 12.6. The highest BCUT2D eigenvalue weighted by atomic mass is 19.2. The Labute approximate surface area is 108 Å². The number of halogens is 4. The maximum atomic E-state index is 13.0. The number of carboxylic acid groups (broad SMARTS) is 2. The van der Waals surface area contributed by atoms with Crippen molar-refractivity contribution >= 4 is 11.9 Å². The Kier molecular flexibility index (Phi) is 4.19. The lowest BCUT2D eigenvalue weighted by Gasteiger charge is -2.09. The fourth-order valence-electron chi connectivity index (χ4n) is 0.990. The summed E-state index contributed by atoms with van der Waals surface area (Å²) in [5, 5.41) is 12.9. The molecular weight excluding hydrogens is 274 g/mol. The molecule has 0 amide bonds. The van der Waals surface area contributed by atoms with Gasteiger partial charge in [-0.2, -0.15) is 0 Å². The molecule has 19 heavy (non-hydrogen) atoms. The van der Waals surface area contributed by atoms with Gasteiger partial charge in [0, 0.05) is 0 Å². The Morgan fingerprint density at radius 3 is 1.68 bits per heavy atom. The second-order valence-electron chi connectivity index (χ2n) is 3.03. The van der Waals surface area contributed by atoms with Gasteiger partial charge in [0.1, 0.15) is 5.56 Å². The molecule has 9 heteroatoms. The molecule has 5 nitrogen and oxygen atoms in total. The number of rotatable bonds is 2. The van der Waals surface area contributed by atoms with Crippen molar-refractivity contribution in [2.24, 2.45) is 0 Å². The SMILES string of the molecule is [2H]OC(=O)c1c(F)c(F)c(C(=O)[O-])c(F)c1F.[2H][N+]([2H])(C)C. The van der Waals surface area contributed by atoms with Gasteiger partial charge in [-0.05, 0) is 0 Å². The molecular formula is C10H9F4NO4. The highest BCUT2D eigenvalue weighted by Gasteiger charge is 2.29. The smallest absolute Gasteiger partial charge is 0.345 e. The van der Waals surface area contributed by atoms with E-state index >= 15 is 0 Å². The van der Waals surface area contributed by atoms with Crippen LogP contribution in [0.3, 0.4) is 0 Å². The van der Waals surface area contributed by atoms with Crippen LogP contribution in [0, 0.1) is 23.3 Å². The van der Waals surface area contributed by atoms with Gasteiger partial charge in [-0.25, -0.2) is 22.4 Å². The van der Waals surface area contributed by atoms with Crippen LogP contribution in [0.2, 0.25) is 2.82 Å². The van der Waals surface area contributed by atoms with E-state index in [0.717, 1.165) is 0 Å². The largest absolute Gasteiger partial charge is 0.545 e. The van der Waals surface area contributed by atoms with E-state index in [4.69, 9.17) is 4.25 Å². The first kappa shape index (κ1) is 11.9. The lowest BCUT2D eigenvalue weighted by atomic mass is 10.1. The monoisotopic (exact) mass is 286 g/mol. The number of aromatic carboxylic acids is 2. The van der Waals surface area contributed by atoms with Crippen LogP contribution in [0.5, 0.6) is 0 Å². The minimum atomic E-state index is -2.50. The van der Waals surface area contributed by atoms with Gasteiger partial charge in [-0.1, -0.05) is 0 Å². The molecule has 106 valence electrons. The molecule has 0 aliphatic rings. The predicted molar refractivity (Wildman–Crippen MR) is 51.3 cm³/mol. The summed E-state index contributed by atoms with van der Waals surface area (Å²) >= 11 is 0. The molecule has 0 spiro atoms. The summed E-state index contributed by atoms with van der Waals surface area (Å²) in [5.74, 6) is -13.7. The molecule has 0 saturated heterocycles. The molecule has 3 N–H and O–H groups in total.